The first-order valence-electron chi connectivity index (χ1n) is 11.1. The standard InChI is InChI=1S/C24H35N5OS/c1-19-7-4-5-8-20(19)18-29-14-11-21(12-15-29)27-24(26-17-23(30)28(2)3)25-13-10-22-9-6-16-31-22/h4-9,16,21H,10-15,17-18H2,1-3H3,(H2,25,26,27). The van der Waals surface area contributed by atoms with Crippen LogP contribution in [0.5, 0.6) is 0 Å². The number of carbonyl (C=O) groups is 1. The molecule has 0 bridgehead atoms. The highest BCUT2D eigenvalue weighted by molar-refractivity contribution is 7.09. The lowest BCUT2D eigenvalue weighted by Gasteiger charge is -2.33. The number of carbonyl (C=O) groups excluding carboxylic acids is 1. The summed E-state index contributed by atoms with van der Waals surface area (Å²) in [6.07, 6.45) is 3.09. The number of aryl methyl sites for hydroxylation is 1. The van der Waals surface area contributed by atoms with E-state index < -0.39 is 0 Å². The van der Waals surface area contributed by atoms with Crippen LogP contribution in [0.2, 0.25) is 0 Å². The lowest BCUT2D eigenvalue weighted by atomic mass is 10.0. The minimum Gasteiger partial charge on any atom is -0.356 e. The molecule has 1 aromatic heterocycles. The molecule has 7 heteroatoms. The van der Waals surface area contributed by atoms with E-state index in [9.17, 15) is 4.79 Å². The monoisotopic (exact) mass is 441 g/mol. The van der Waals surface area contributed by atoms with Crippen molar-refractivity contribution >= 4 is 23.2 Å². The Hall–Kier alpha value is -2.38. The molecular weight excluding hydrogens is 406 g/mol. The summed E-state index contributed by atoms with van der Waals surface area (Å²) in [5.74, 6) is 0.747. The van der Waals surface area contributed by atoms with Gasteiger partial charge < -0.3 is 15.5 Å². The third kappa shape index (κ3) is 7.67. The van der Waals surface area contributed by atoms with Gasteiger partial charge in [0.05, 0.1) is 0 Å². The van der Waals surface area contributed by atoms with Crippen molar-refractivity contribution in [1.29, 1.82) is 0 Å². The Morgan fingerprint density at radius 1 is 1.19 bits per heavy atom. The number of amides is 1. The average molecular weight is 442 g/mol. The second-order valence-electron chi connectivity index (χ2n) is 8.33. The fourth-order valence-corrected chi connectivity index (χ4v) is 4.37. The van der Waals surface area contributed by atoms with Crippen molar-refractivity contribution in [2.24, 2.45) is 4.99 Å². The first-order chi connectivity index (χ1) is 15.0. The van der Waals surface area contributed by atoms with Gasteiger partial charge in [-0.15, -0.1) is 11.3 Å². The number of likely N-dealkylation sites (tertiary alicyclic amines) is 1. The van der Waals surface area contributed by atoms with E-state index >= 15 is 0 Å². The number of nitrogens with zero attached hydrogens (tertiary/aromatic N) is 3. The van der Waals surface area contributed by atoms with E-state index in [0.717, 1.165) is 51.4 Å². The van der Waals surface area contributed by atoms with Crippen LogP contribution in [0.25, 0.3) is 0 Å². The number of piperidine rings is 1. The Bertz CT molecular complexity index is 841. The molecule has 31 heavy (non-hydrogen) atoms. The van der Waals surface area contributed by atoms with Crippen molar-refractivity contribution in [1.82, 2.24) is 20.4 Å². The third-order valence-electron chi connectivity index (χ3n) is 5.70. The number of rotatable bonds is 8. The number of guanidine groups is 1. The van der Waals surface area contributed by atoms with Gasteiger partial charge in [-0.2, -0.15) is 0 Å². The fourth-order valence-electron chi connectivity index (χ4n) is 3.66. The topological polar surface area (TPSA) is 60.0 Å². The van der Waals surface area contributed by atoms with Crippen LogP contribution in [-0.2, 0) is 17.8 Å². The van der Waals surface area contributed by atoms with Gasteiger partial charge in [0.25, 0.3) is 0 Å². The SMILES string of the molecule is Cc1ccccc1CN1CCC(NC(=NCC(=O)N(C)C)NCCc2cccs2)CC1. The molecule has 1 amide bonds. The second-order valence-corrected chi connectivity index (χ2v) is 9.36. The van der Waals surface area contributed by atoms with Crippen molar-refractivity contribution in [3.05, 3.63) is 57.8 Å². The van der Waals surface area contributed by atoms with Crippen molar-refractivity contribution in [3.63, 3.8) is 0 Å². The Morgan fingerprint density at radius 3 is 2.65 bits per heavy atom. The van der Waals surface area contributed by atoms with Crippen LogP contribution < -0.4 is 10.6 Å². The van der Waals surface area contributed by atoms with E-state index in [1.54, 1.807) is 30.3 Å². The van der Waals surface area contributed by atoms with Crippen molar-refractivity contribution in [2.45, 2.75) is 38.8 Å². The van der Waals surface area contributed by atoms with Crippen LogP contribution in [0.4, 0.5) is 0 Å². The molecule has 0 unspecified atom stereocenters. The van der Waals surface area contributed by atoms with Gasteiger partial charge >= 0.3 is 0 Å². The van der Waals surface area contributed by atoms with Crippen LogP contribution >= 0.6 is 11.3 Å². The zero-order chi connectivity index (χ0) is 22.1. The fraction of sp³-hybridized carbons (Fsp3) is 0.500. The molecule has 1 aromatic carbocycles. The lowest BCUT2D eigenvalue weighted by Crippen LogP contribution is -2.49. The van der Waals surface area contributed by atoms with E-state index in [4.69, 9.17) is 0 Å². The highest BCUT2D eigenvalue weighted by atomic mass is 32.1. The highest BCUT2D eigenvalue weighted by Gasteiger charge is 2.20. The van der Waals surface area contributed by atoms with E-state index in [0.29, 0.717) is 6.04 Å². The van der Waals surface area contributed by atoms with Crippen LogP contribution in [0.15, 0.2) is 46.8 Å². The zero-order valence-corrected chi connectivity index (χ0v) is 19.8. The maximum absolute atomic E-state index is 12.0. The van der Waals surface area contributed by atoms with Gasteiger partial charge in [0, 0.05) is 51.2 Å². The molecule has 2 N–H and O–H groups in total. The van der Waals surface area contributed by atoms with Crippen molar-refractivity contribution in [3.8, 4) is 0 Å². The third-order valence-corrected chi connectivity index (χ3v) is 6.63. The summed E-state index contributed by atoms with van der Waals surface area (Å²) in [5, 5.41) is 9.09. The second kappa shape index (κ2) is 11.9. The molecule has 1 aliphatic heterocycles. The van der Waals surface area contributed by atoms with Crippen molar-refractivity contribution < 1.29 is 4.79 Å². The first-order valence-corrected chi connectivity index (χ1v) is 11.9. The Labute approximate surface area is 190 Å². The summed E-state index contributed by atoms with van der Waals surface area (Å²) in [6, 6.07) is 13.2. The molecule has 2 aromatic rings. The number of nitrogens with one attached hydrogen (secondary N) is 2. The van der Waals surface area contributed by atoms with Crippen LogP contribution in [0.3, 0.4) is 0 Å². The summed E-state index contributed by atoms with van der Waals surface area (Å²) in [4.78, 5) is 22.0. The van der Waals surface area contributed by atoms with Gasteiger partial charge in [-0.3, -0.25) is 9.69 Å². The minimum absolute atomic E-state index is 0.00686. The summed E-state index contributed by atoms with van der Waals surface area (Å²) in [6.45, 7) is 6.28. The molecule has 1 saturated heterocycles. The summed E-state index contributed by atoms with van der Waals surface area (Å²) in [7, 11) is 3.53. The van der Waals surface area contributed by atoms with E-state index in [2.05, 4.69) is 69.2 Å². The van der Waals surface area contributed by atoms with E-state index in [-0.39, 0.29) is 12.5 Å². The molecule has 0 aliphatic carbocycles. The largest absolute Gasteiger partial charge is 0.356 e. The van der Waals surface area contributed by atoms with Gasteiger partial charge in [0.1, 0.15) is 6.54 Å². The molecule has 0 saturated carbocycles. The molecule has 0 atom stereocenters. The molecule has 1 fully saturated rings. The number of hydrogen-bond donors (Lipinski definition) is 2. The maximum atomic E-state index is 12.0. The number of benzene rings is 1. The average Bonchev–Trinajstić information content (AvgIpc) is 3.28. The van der Waals surface area contributed by atoms with Gasteiger partial charge in [-0.1, -0.05) is 30.3 Å². The molecule has 168 valence electrons. The summed E-state index contributed by atoms with van der Waals surface area (Å²) in [5.41, 5.74) is 2.77. The van der Waals surface area contributed by atoms with E-state index in [1.807, 2.05) is 0 Å². The lowest BCUT2D eigenvalue weighted by molar-refractivity contribution is -0.127. The molecule has 2 heterocycles. The van der Waals surface area contributed by atoms with Crippen LogP contribution in [0.1, 0.15) is 28.8 Å². The number of aliphatic imine (C=N–C) groups is 1. The zero-order valence-electron chi connectivity index (χ0n) is 18.9. The minimum atomic E-state index is 0.00686. The van der Waals surface area contributed by atoms with Crippen LogP contribution in [0, 0.1) is 6.92 Å². The quantitative estimate of drug-likeness (QED) is 0.489. The van der Waals surface area contributed by atoms with E-state index in [1.165, 1.54) is 16.0 Å². The number of likely N-dealkylation sites (N-methyl/N-ethyl adjacent to an activating group) is 1. The maximum Gasteiger partial charge on any atom is 0.243 e. The Kier molecular flexibility index (Phi) is 8.91. The Balaban J connectivity index is 1.50. The Morgan fingerprint density at radius 2 is 1.97 bits per heavy atom. The van der Waals surface area contributed by atoms with Crippen molar-refractivity contribution in [2.75, 3.05) is 40.3 Å². The van der Waals surface area contributed by atoms with Gasteiger partial charge in [0.15, 0.2) is 5.96 Å². The normalized spacial score (nSPS) is 15.6. The molecule has 0 spiro atoms. The highest BCUT2D eigenvalue weighted by Crippen LogP contribution is 2.16. The smallest absolute Gasteiger partial charge is 0.243 e. The van der Waals surface area contributed by atoms with Gasteiger partial charge in [0.2, 0.25) is 5.91 Å². The van der Waals surface area contributed by atoms with Gasteiger partial charge in [-0.05, 0) is 48.8 Å². The number of hydrogen-bond acceptors (Lipinski definition) is 4. The molecule has 3 rings (SSSR count). The molecular formula is C24H35N5OS. The number of thiophene rings is 1. The van der Waals surface area contributed by atoms with Gasteiger partial charge in [-0.25, -0.2) is 4.99 Å². The summed E-state index contributed by atoms with van der Waals surface area (Å²) >= 11 is 1.77. The predicted octanol–water partition coefficient (Wildman–Crippen LogP) is 2.89. The molecule has 0 radical (unpaired) electrons. The van der Waals surface area contributed by atoms with Crippen LogP contribution in [-0.4, -0.2) is 68.0 Å². The summed E-state index contributed by atoms with van der Waals surface area (Å²) < 4.78 is 0. The molecule has 1 aliphatic rings. The molecule has 6 nitrogen and oxygen atoms in total. The first kappa shape index (κ1) is 23.3. The predicted molar refractivity (Wildman–Crippen MR) is 130 cm³/mol.